The second kappa shape index (κ2) is 5.49. The number of halogens is 1. The average Bonchev–Trinajstić information content (AvgIpc) is 2.95. The molecule has 0 aromatic carbocycles. The normalized spacial score (nSPS) is 20.8. The fraction of sp³-hybridized carbons (Fsp3) is 0.500. The van der Waals surface area contributed by atoms with Gasteiger partial charge in [-0.2, -0.15) is 4.31 Å². The van der Waals surface area contributed by atoms with Crippen molar-refractivity contribution in [2.24, 2.45) is 5.92 Å². The van der Waals surface area contributed by atoms with Crippen molar-refractivity contribution in [3.05, 3.63) is 14.7 Å². The van der Waals surface area contributed by atoms with E-state index in [9.17, 15) is 13.2 Å². The quantitative estimate of drug-likeness (QED) is 0.831. The van der Waals surface area contributed by atoms with Crippen molar-refractivity contribution in [3.63, 3.8) is 0 Å². The van der Waals surface area contributed by atoms with Crippen molar-refractivity contribution in [2.45, 2.75) is 11.3 Å². The van der Waals surface area contributed by atoms with Crippen molar-refractivity contribution < 1.29 is 23.4 Å². The number of nitrogens with zero attached hydrogens (tertiary/aromatic N) is 1. The standard InChI is InChI=1S/C10H12BrNO5S2/c11-9-8(3-7(18-9)10(14)15)19(16,17)12-2-1-6(4-12)5-13/h3,6,13H,1-2,4-5H2,(H,14,15). The molecule has 0 radical (unpaired) electrons. The van der Waals surface area contributed by atoms with E-state index in [2.05, 4.69) is 15.9 Å². The summed E-state index contributed by atoms with van der Waals surface area (Å²) in [5, 5.41) is 17.9. The lowest BCUT2D eigenvalue weighted by Gasteiger charge is -2.15. The van der Waals surface area contributed by atoms with Crippen LogP contribution in [0.5, 0.6) is 0 Å². The Bertz CT molecular complexity index is 597. The number of thiophene rings is 1. The number of sulfonamides is 1. The summed E-state index contributed by atoms with van der Waals surface area (Å²) in [5.74, 6) is -1.20. The topological polar surface area (TPSA) is 94.9 Å². The summed E-state index contributed by atoms with van der Waals surface area (Å²) in [5.41, 5.74) is 0. The van der Waals surface area contributed by atoms with Gasteiger partial charge in [-0.25, -0.2) is 13.2 Å². The molecule has 1 saturated heterocycles. The van der Waals surface area contributed by atoms with E-state index in [1.807, 2.05) is 0 Å². The molecule has 1 aliphatic rings. The van der Waals surface area contributed by atoms with Crippen molar-refractivity contribution in [1.82, 2.24) is 4.31 Å². The van der Waals surface area contributed by atoms with Gasteiger partial charge < -0.3 is 10.2 Å². The van der Waals surface area contributed by atoms with E-state index in [0.29, 0.717) is 13.0 Å². The van der Waals surface area contributed by atoms with Crippen LogP contribution >= 0.6 is 27.3 Å². The zero-order valence-electron chi connectivity index (χ0n) is 9.74. The summed E-state index contributed by atoms with van der Waals surface area (Å²) in [6.45, 7) is 0.568. The molecule has 1 atom stereocenters. The molecule has 1 aromatic heterocycles. The van der Waals surface area contributed by atoms with Crippen LogP contribution in [-0.4, -0.2) is 48.6 Å². The minimum absolute atomic E-state index is 0.0199. The Morgan fingerprint density at radius 2 is 2.26 bits per heavy atom. The number of carboxylic acid groups (broad SMARTS) is 1. The summed E-state index contributed by atoms with van der Waals surface area (Å²) in [7, 11) is -3.70. The predicted octanol–water partition coefficient (Wildman–Crippen LogP) is 1.21. The summed E-state index contributed by atoms with van der Waals surface area (Å²) in [6, 6.07) is 1.17. The van der Waals surface area contributed by atoms with Crippen molar-refractivity contribution in [2.75, 3.05) is 19.7 Å². The zero-order chi connectivity index (χ0) is 14.2. The summed E-state index contributed by atoms with van der Waals surface area (Å²) < 4.78 is 26.3. The fourth-order valence-electron chi connectivity index (χ4n) is 1.94. The monoisotopic (exact) mass is 369 g/mol. The van der Waals surface area contributed by atoms with E-state index < -0.39 is 16.0 Å². The molecule has 1 fully saturated rings. The van der Waals surface area contributed by atoms with Crippen LogP contribution in [0, 0.1) is 5.92 Å². The van der Waals surface area contributed by atoms with Crippen molar-refractivity contribution >= 4 is 43.3 Å². The van der Waals surface area contributed by atoms with Gasteiger partial charge >= 0.3 is 5.97 Å². The number of carboxylic acids is 1. The SMILES string of the molecule is O=C(O)c1cc(S(=O)(=O)N2CCC(CO)C2)c(Br)s1. The van der Waals surface area contributed by atoms with Gasteiger partial charge in [0, 0.05) is 19.7 Å². The number of hydrogen-bond acceptors (Lipinski definition) is 5. The maximum absolute atomic E-state index is 12.4. The Morgan fingerprint density at radius 1 is 1.58 bits per heavy atom. The first-order valence-corrected chi connectivity index (χ1v) is 8.55. The van der Waals surface area contributed by atoms with E-state index in [1.54, 1.807) is 0 Å². The van der Waals surface area contributed by atoms with Gasteiger partial charge in [-0.05, 0) is 34.3 Å². The van der Waals surface area contributed by atoms with Gasteiger partial charge in [0.15, 0.2) is 0 Å². The first kappa shape index (κ1) is 14.9. The molecule has 0 saturated carbocycles. The van der Waals surface area contributed by atoms with Gasteiger partial charge in [0.05, 0.1) is 3.79 Å². The third-order valence-electron chi connectivity index (χ3n) is 2.99. The molecule has 0 amide bonds. The summed E-state index contributed by atoms with van der Waals surface area (Å²) >= 11 is 3.98. The van der Waals surface area contributed by atoms with E-state index in [-0.39, 0.29) is 32.6 Å². The molecule has 1 aliphatic heterocycles. The number of aromatic carboxylic acids is 1. The number of aliphatic hydroxyl groups is 1. The van der Waals surface area contributed by atoms with Gasteiger partial charge in [-0.1, -0.05) is 0 Å². The lowest BCUT2D eigenvalue weighted by molar-refractivity contribution is 0.0702. The molecular weight excluding hydrogens is 358 g/mol. The molecule has 1 aromatic rings. The highest BCUT2D eigenvalue weighted by Gasteiger charge is 2.34. The van der Waals surface area contributed by atoms with Crippen LogP contribution in [0.15, 0.2) is 14.7 Å². The second-order valence-corrected chi connectivity index (χ2v) is 8.53. The Labute approximate surface area is 122 Å². The number of carbonyl (C=O) groups is 1. The molecule has 19 heavy (non-hydrogen) atoms. The average molecular weight is 370 g/mol. The number of hydrogen-bond donors (Lipinski definition) is 2. The van der Waals surface area contributed by atoms with Crippen LogP contribution < -0.4 is 0 Å². The molecule has 9 heteroatoms. The molecule has 0 aliphatic carbocycles. The van der Waals surface area contributed by atoms with Crippen molar-refractivity contribution in [1.29, 1.82) is 0 Å². The number of rotatable bonds is 4. The smallest absolute Gasteiger partial charge is 0.345 e. The highest BCUT2D eigenvalue weighted by molar-refractivity contribution is 9.11. The summed E-state index contributed by atoms with van der Waals surface area (Å²) in [4.78, 5) is 10.8. The maximum Gasteiger partial charge on any atom is 0.345 e. The highest BCUT2D eigenvalue weighted by atomic mass is 79.9. The third-order valence-corrected chi connectivity index (χ3v) is 7.10. The molecule has 2 N–H and O–H groups in total. The molecule has 0 spiro atoms. The van der Waals surface area contributed by atoms with Crippen molar-refractivity contribution in [3.8, 4) is 0 Å². The zero-order valence-corrected chi connectivity index (χ0v) is 13.0. The maximum atomic E-state index is 12.4. The molecule has 0 bridgehead atoms. The first-order valence-electron chi connectivity index (χ1n) is 5.50. The van der Waals surface area contributed by atoms with Crippen LogP contribution in [0.3, 0.4) is 0 Å². The van der Waals surface area contributed by atoms with Gasteiger partial charge in [0.1, 0.15) is 9.77 Å². The van der Waals surface area contributed by atoms with Gasteiger partial charge in [0.2, 0.25) is 10.0 Å². The third kappa shape index (κ3) is 2.84. The largest absolute Gasteiger partial charge is 0.477 e. The predicted molar refractivity (Wildman–Crippen MR) is 72.9 cm³/mol. The molecular formula is C10H12BrNO5S2. The fourth-order valence-corrected chi connectivity index (χ4v) is 5.82. The van der Waals surface area contributed by atoms with E-state index in [0.717, 1.165) is 11.3 Å². The van der Waals surface area contributed by atoms with Crippen LogP contribution in [0.25, 0.3) is 0 Å². The lowest BCUT2D eigenvalue weighted by atomic mass is 10.1. The van der Waals surface area contributed by atoms with Crippen LogP contribution in [0.2, 0.25) is 0 Å². The van der Waals surface area contributed by atoms with E-state index >= 15 is 0 Å². The molecule has 6 nitrogen and oxygen atoms in total. The first-order chi connectivity index (χ1) is 8.86. The number of aliphatic hydroxyl groups excluding tert-OH is 1. The second-order valence-electron chi connectivity index (χ2n) is 4.25. The molecule has 1 unspecified atom stereocenters. The Morgan fingerprint density at radius 3 is 2.74 bits per heavy atom. The van der Waals surface area contributed by atoms with E-state index in [4.69, 9.17) is 10.2 Å². The Balaban J connectivity index is 2.32. The minimum Gasteiger partial charge on any atom is -0.477 e. The molecule has 2 heterocycles. The van der Waals surface area contributed by atoms with Gasteiger partial charge in [0.25, 0.3) is 0 Å². The molecule has 2 rings (SSSR count). The minimum atomic E-state index is -3.70. The highest BCUT2D eigenvalue weighted by Crippen LogP contribution is 2.35. The van der Waals surface area contributed by atoms with Crippen LogP contribution in [0.4, 0.5) is 0 Å². The van der Waals surface area contributed by atoms with Gasteiger partial charge in [-0.15, -0.1) is 11.3 Å². The Hall–Kier alpha value is -0.480. The van der Waals surface area contributed by atoms with Crippen LogP contribution in [-0.2, 0) is 10.0 Å². The summed E-state index contributed by atoms with van der Waals surface area (Å²) in [6.07, 6.45) is 0.614. The lowest BCUT2D eigenvalue weighted by Crippen LogP contribution is -2.29. The van der Waals surface area contributed by atoms with Gasteiger partial charge in [-0.3, -0.25) is 0 Å². The van der Waals surface area contributed by atoms with E-state index in [1.165, 1.54) is 10.4 Å². The molecule has 106 valence electrons. The van der Waals surface area contributed by atoms with Crippen LogP contribution in [0.1, 0.15) is 16.1 Å². The Kier molecular flexibility index (Phi) is 4.31.